The molecule has 2 heterocycles. The molecule has 34 heavy (non-hydrogen) atoms. The van der Waals surface area contributed by atoms with Crippen LogP contribution in [-0.4, -0.2) is 59.3 Å². The Bertz CT molecular complexity index is 859. The van der Waals surface area contributed by atoms with E-state index >= 15 is 0 Å². The molecule has 1 aromatic rings. The van der Waals surface area contributed by atoms with Crippen LogP contribution in [0.1, 0.15) is 83.6 Å². The number of rotatable bonds is 14. The highest BCUT2D eigenvalue weighted by molar-refractivity contribution is 5.73. The second-order valence-corrected chi connectivity index (χ2v) is 9.42. The second kappa shape index (κ2) is 12.7. The number of nitrogens with zero attached hydrogens (tertiary/aromatic N) is 2. The summed E-state index contributed by atoms with van der Waals surface area (Å²) in [5.74, 6) is 2.43. The molecule has 0 radical (unpaired) electrons. The van der Waals surface area contributed by atoms with Crippen molar-refractivity contribution in [3.05, 3.63) is 29.6 Å². The van der Waals surface area contributed by atoms with Gasteiger partial charge in [0.2, 0.25) is 6.79 Å². The summed E-state index contributed by atoms with van der Waals surface area (Å²) in [5, 5.41) is 10.4. The van der Waals surface area contributed by atoms with Crippen LogP contribution >= 0.6 is 0 Å². The summed E-state index contributed by atoms with van der Waals surface area (Å²) in [6.07, 6.45) is 7.82. The third kappa shape index (κ3) is 5.87. The van der Waals surface area contributed by atoms with Gasteiger partial charge in [-0.3, -0.25) is 4.79 Å². The molecule has 0 spiro atoms. The zero-order valence-corrected chi connectivity index (χ0v) is 20.9. The normalized spacial score (nSPS) is 20.9. The minimum atomic E-state index is -0.814. The molecule has 1 aromatic carbocycles. The Morgan fingerprint density at radius 3 is 2.35 bits per heavy atom. The molecule has 1 fully saturated rings. The first kappa shape index (κ1) is 26.0. The molecule has 0 aromatic heterocycles. The smallest absolute Gasteiger partial charge is 0.309 e. The van der Waals surface area contributed by atoms with Crippen LogP contribution in [0.2, 0.25) is 0 Å². The summed E-state index contributed by atoms with van der Waals surface area (Å²) in [6.45, 7) is 8.65. The predicted molar refractivity (Wildman–Crippen MR) is 132 cm³/mol. The summed E-state index contributed by atoms with van der Waals surface area (Å²) in [6, 6.07) is 5.46. The van der Waals surface area contributed by atoms with Gasteiger partial charge in [-0.25, -0.2) is 4.79 Å². The number of unbranched alkanes of at least 4 members (excludes halogenated alkanes) is 4. The number of hydrogen-bond acceptors (Lipinski definition) is 6. The number of aliphatic carboxylic acids is 1. The molecular weight excluding hydrogens is 432 g/mol. The van der Waals surface area contributed by atoms with E-state index in [-0.39, 0.29) is 18.8 Å². The Balaban J connectivity index is 1.96. The third-order valence-corrected chi connectivity index (χ3v) is 7.08. The molecule has 1 N–H and O–H groups in total. The molecule has 1 saturated heterocycles. The minimum absolute atomic E-state index is 0.180. The third-order valence-electron chi connectivity index (χ3n) is 7.08. The van der Waals surface area contributed by atoms with E-state index in [0.717, 1.165) is 70.0 Å². The van der Waals surface area contributed by atoms with Crippen molar-refractivity contribution in [2.24, 2.45) is 5.92 Å². The number of hydrogen-bond donors (Lipinski definition) is 1. The molecule has 7 nitrogen and oxygen atoms in total. The number of carbonyl (C=O) groups excluding carboxylic acids is 1. The van der Waals surface area contributed by atoms with Gasteiger partial charge in [0.05, 0.1) is 5.92 Å². The lowest BCUT2D eigenvalue weighted by Crippen LogP contribution is -2.42. The van der Waals surface area contributed by atoms with Crippen LogP contribution in [0.15, 0.2) is 24.0 Å². The molecule has 3 atom stereocenters. The standard InChI is InChI=1S/C27H40N2O5/c1-4-7-10-11-22-26(27(31)32)21(20-12-13-23-24(16-20)34-19-33-23)17-29(22)25(18-30)28(14-8-5-2)15-9-6-3/h12-13,16,21-22,26H,4-11,14-15,17,19H2,1-3H3,(H,31,32)/t21-,22-,26+/m1/s1. The first-order chi connectivity index (χ1) is 16.5. The van der Waals surface area contributed by atoms with Gasteiger partial charge in [0.15, 0.2) is 23.3 Å². The first-order valence-electron chi connectivity index (χ1n) is 12.9. The fourth-order valence-electron chi connectivity index (χ4n) is 5.22. The molecule has 3 rings (SSSR count). The van der Waals surface area contributed by atoms with Crippen LogP contribution in [0.25, 0.3) is 0 Å². The highest BCUT2D eigenvalue weighted by Crippen LogP contribution is 2.44. The lowest BCUT2D eigenvalue weighted by molar-refractivity contribution is -0.143. The maximum absolute atomic E-state index is 12.6. The van der Waals surface area contributed by atoms with E-state index in [1.54, 1.807) is 0 Å². The highest BCUT2D eigenvalue weighted by Gasteiger charge is 2.48. The molecule has 0 aliphatic carbocycles. The van der Waals surface area contributed by atoms with Gasteiger partial charge < -0.3 is 24.4 Å². The number of benzene rings is 1. The topological polar surface area (TPSA) is 79.3 Å². The maximum atomic E-state index is 12.6. The number of carboxylic acids is 1. The lowest BCUT2D eigenvalue weighted by atomic mass is 9.83. The summed E-state index contributed by atoms with van der Waals surface area (Å²) >= 11 is 0. The van der Waals surface area contributed by atoms with Crippen molar-refractivity contribution in [2.75, 3.05) is 26.4 Å². The van der Waals surface area contributed by atoms with Gasteiger partial charge in [0.25, 0.3) is 0 Å². The van der Waals surface area contributed by atoms with Crippen molar-refractivity contribution >= 4 is 11.9 Å². The molecule has 0 bridgehead atoms. The van der Waals surface area contributed by atoms with Crippen LogP contribution < -0.4 is 9.47 Å². The monoisotopic (exact) mass is 472 g/mol. The Morgan fingerprint density at radius 2 is 1.74 bits per heavy atom. The van der Waals surface area contributed by atoms with Crippen molar-refractivity contribution in [1.82, 2.24) is 9.80 Å². The molecule has 188 valence electrons. The molecular formula is C27H40N2O5. The predicted octanol–water partition coefficient (Wildman–Crippen LogP) is 5.04. The Labute approximate surface area is 203 Å². The average molecular weight is 473 g/mol. The number of likely N-dealkylation sites (tertiary alicyclic amines) is 1. The summed E-state index contributed by atoms with van der Waals surface area (Å²) < 4.78 is 11.0. The van der Waals surface area contributed by atoms with Crippen LogP contribution in [0.4, 0.5) is 0 Å². The highest BCUT2D eigenvalue weighted by atomic mass is 16.7. The van der Waals surface area contributed by atoms with Gasteiger partial charge in [-0.05, 0) is 37.0 Å². The van der Waals surface area contributed by atoms with Crippen LogP contribution in [0, 0.1) is 5.92 Å². The Hall–Kier alpha value is -2.66. The van der Waals surface area contributed by atoms with Crippen molar-refractivity contribution in [2.45, 2.75) is 84.1 Å². The van der Waals surface area contributed by atoms with E-state index in [1.165, 1.54) is 0 Å². The summed E-state index contributed by atoms with van der Waals surface area (Å²) in [4.78, 5) is 29.2. The lowest BCUT2D eigenvalue weighted by Gasteiger charge is -2.35. The molecule has 7 heteroatoms. The fraction of sp³-hybridized carbons (Fsp3) is 0.667. The van der Waals surface area contributed by atoms with Gasteiger partial charge >= 0.3 is 5.97 Å². The largest absolute Gasteiger partial charge is 0.481 e. The van der Waals surface area contributed by atoms with E-state index < -0.39 is 11.9 Å². The molecule has 0 saturated carbocycles. The maximum Gasteiger partial charge on any atom is 0.309 e. The van der Waals surface area contributed by atoms with Gasteiger partial charge in [-0.2, -0.15) is 0 Å². The zero-order chi connectivity index (χ0) is 24.5. The van der Waals surface area contributed by atoms with E-state index in [4.69, 9.17) is 9.47 Å². The summed E-state index contributed by atoms with van der Waals surface area (Å²) in [7, 11) is 0. The van der Waals surface area contributed by atoms with Crippen molar-refractivity contribution < 1.29 is 24.2 Å². The van der Waals surface area contributed by atoms with Crippen molar-refractivity contribution in [3.63, 3.8) is 0 Å². The van der Waals surface area contributed by atoms with Gasteiger partial charge in [0.1, 0.15) is 0 Å². The second-order valence-electron chi connectivity index (χ2n) is 9.42. The molecule has 0 unspecified atom stereocenters. The Kier molecular flexibility index (Phi) is 9.70. The SMILES string of the molecule is CCCCC[C@@H]1[C@@H](C(=O)O)[C@@H](c2ccc3c(c2)OCO3)CN1C(=C=O)N(CCCC)CCCC. The van der Waals surface area contributed by atoms with Crippen LogP contribution in [-0.2, 0) is 9.59 Å². The van der Waals surface area contributed by atoms with Crippen molar-refractivity contribution in [1.29, 1.82) is 0 Å². The zero-order valence-electron chi connectivity index (χ0n) is 20.9. The van der Waals surface area contributed by atoms with Crippen molar-refractivity contribution in [3.8, 4) is 11.5 Å². The number of carboxylic acid groups (broad SMARTS) is 1. The van der Waals surface area contributed by atoms with E-state index in [1.807, 2.05) is 18.2 Å². The Morgan fingerprint density at radius 1 is 1.06 bits per heavy atom. The van der Waals surface area contributed by atoms with Gasteiger partial charge in [-0.15, -0.1) is 0 Å². The van der Waals surface area contributed by atoms with Gasteiger partial charge in [-0.1, -0.05) is 58.9 Å². The number of carbonyl (C=O) groups is 1. The minimum Gasteiger partial charge on any atom is -0.481 e. The molecule has 2 aliphatic rings. The quantitative estimate of drug-likeness (QED) is 0.300. The number of ether oxygens (including phenoxy) is 2. The average Bonchev–Trinajstić information content (AvgIpc) is 3.45. The van der Waals surface area contributed by atoms with E-state index in [9.17, 15) is 14.7 Å². The fourth-order valence-corrected chi connectivity index (χ4v) is 5.22. The van der Waals surface area contributed by atoms with Gasteiger partial charge in [0, 0.05) is 31.6 Å². The molecule has 2 aliphatic heterocycles. The van der Waals surface area contributed by atoms with E-state index in [2.05, 4.69) is 36.5 Å². The number of fused-ring (bicyclic) bond motifs is 1. The summed E-state index contributed by atoms with van der Waals surface area (Å²) in [5.41, 5.74) is 0.915. The van der Waals surface area contributed by atoms with Crippen LogP contribution in [0.5, 0.6) is 11.5 Å². The van der Waals surface area contributed by atoms with Crippen LogP contribution in [0.3, 0.4) is 0 Å². The molecule has 0 amide bonds. The first-order valence-corrected chi connectivity index (χ1v) is 12.9. The van der Waals surface area contributed by atoms with E-state index in [0.29, 0.717) is 23.9 Å².